The van der Waals surface area contributed by atoms with Crippen LogP contribution in [-0.4, -0.2) is 51.7 Å². The fraction of sp³-hybridized carbons (Fsp3) is 0.632. The van der Waals surface area contributed by atoms with E-state index in [9.17, 15) is 13.2 Å². The van der Waals surface area contributed by atoms with Crippen LogP contribution in [0.2, 0.25) is 0 Å². The number of carbonyl (C=O) groups is 1. The third-order valence-corrected chi connectivity index (χ3v) is 6.23. The summed E-state index contributed by atoms with van der Waals surface area (Å²) in [5, 5.41) is 2.79. The van der Waals surface area contributed by atoms with Crippen LogP contribution in [-0.2, 0) is 14.8 Å². The molecule has 0 radical (unpaired) electrons. The third kappa shape index (κ3) is 6.39. The molecule has 8 heteroatoms. The highest BCUT2D eigenvalue weighted by molar-refractivity contribution is 7.88. The Labute approximate surface area is 162 Å². The van der Waals surface area contributed by atoms with Gasteiger partial charge >= 0.3 is 0 Å². The quantitative estimate of drug-likeness (QED) is 0.681. The fourth-order valence-electron chi connectivity index (χ4n) is 3.50. The van der Waals surface area contributed by atoms with Crippen molar-refractivity contribution in [2.45, 2.75) is 51.0 Å². The van der Waals surface area contributed by atoms with Gasteiger partial charge in [-0.1, -0.05) is 25.7 Å². The second-order valence-electron chi connectivity index (χ2n) is 6.88. The monoisotopic (exact) mass is 398 g/mol. The predicted octanol–water partition coefficient (Wildman–Crippen LogP) is 3.02. The molecule has 152 valence electrons. The summed E-state index contributed by atoms with van der Waals surface area (Å²) >= 11 is 0. The lowest BCUT2D eigenvalue weighted by Crippen LogP contribution is -2.41. The van der Waals surface area contributed by atoms with E-state index < -0.39 is 10.0 Å². The van der Waals surface area contributed by atoms with E-state index in [4.69, 9.17) is 9.47 Å². The van der Waals surface area contributed by atoms with Gasteiger partial charge in [-0.3, -0.25) is 4.79 Å². The summed E-state index contributed by atoms with van der Waals surface area (Å²) in [4.78, 5) is 12.4. The highest BCUT2D eigenvalue weighted by Gasteiger charge is 2.27. The molecule has 2 rings (SSSR count). The summed E-state index contributed by atoms with van der Waals surface area (Å²) in [6.07, 6.45) is 7.38. The van der Waals surface area contributed by atoms with Crippen molar-refractivity contribution in [1.29, 1.82) is 0 Å². The number of nitrogens with one attached hydrogen (secondary N) is 1. The van der Waals surface area contributed by atoms with Crippen LogP contribution in [0.1, 0.15) is 44.9 Å². The van der Waals surface area contributed by atoms with Crippen LogP contribution < -0.4 is 14.8 Å². The molecule has 27 heavy (non-hydrogen) atoms. The smallest absolute Gasteiger partial charge is 0.225 e. The lowest BCUT2D eigenvalue weighted by molar-refractivity contribution is -0.116. The number of sulfonamides is 1. The summed E-state index contributed by atoms with van der Waals surface area (Å²) in [5.74, 6) is 0.860. The maximum Gasteiger partial charge on any atom is 0.225 e. The highest BCUT2D eigenvalue weighted by atomic mass is 32.2. The second-order valence-corrected chi connectivity index (χ2v) is 8.82. The van der Waals surface area contributed by atoms with Crippen LogP contribution in [0.4, 0.5) is 5.69 Å². The Morgan fingerprint density at radius 1 is 1.15 bits per heavy atom. The number of anilines is 1. The molecular formula is C19H30N2O5S. The Balaban J connectivity index is 2.03. The van der Waals surface area contributed by atoms with Crippen molar-refractivity contribution >= 4 is 21.6 Å². The van der Waals surface area contributed by atoms with Crippen molar-refractivity contribution in [3.05, 3.63) is 18.2 Å². The maximum absolute atomic E-state index is 12.4. The number of rotatable bonds is 8. The van der Waals surface area contributed by atoms with E-state index in [0.29, 0.717) is 17.2 Å². The van der Waals surface area contributed by atoms with E-state index in [-0.39, 0.29) is 24.9 Å². The molecular weight excluding hydrogens is 368 g/mol. The number of nitrogens with zero attached hydrogens (tertiary/aromatic N) is 1. The molecule has 0 aliphatic heterocycles. The van der Waals surface area contributed by atoms with Crippen LogP contribution >= 0.6 is 0 Å². The Hall–Kier alpha value is -1.80. The van der Waals surface area contributed by atoms with Crippen LogP contribution in [0.25, 0.3) is 0 Å². The molecule has 0 saturated heterocycles. The molecule has 1 saturated carbocycles. The van der Waals surface area contributed by atoms with E-state index in [0.717, 1.165) is 38.5 Å². The molecule has 0 unspecified atom stereocenters. The summed E-state index contributed by atoms with van der Waals surface area (Å²) in [6, 6.07) is 5.12. The molecule has 1 aliphatic rings. The number of carbonyl (C=O) groups excluding carboxylic acids is 1. The molecule has 1 fully saturated rings. The number of ether oxygens (including phenoxy) is 2. The van der Waals surface area contributed by atoms with E-state index in [1.54, 1.807) is 25.3 Å². The average Bonchev–Trinajstić information content (AvgIpc) is 2.90. The Morgan fingerprint density at radius 2 is 1.81 bits per heavy atom. The molecule has 7 nitrogen and oxygen atoms in total. The minimum absolute atomic E-state index is 0.0124. The number of methoxy groups -OCH3 is 2. The van der Waals surface area contributed by atoms with Gasteiger partial charge in [0, 0.05) is 25.1 Å². The number of benzene rings is 1. The van der Waals surface area contributed by atoms with Crippen molar-refractivity contribution in [1.82, 2.24) is 4.31 Å². The number of amides is 1. The number of hydrogen-bond donors (Lipinski definition) is 1. The summed E-state index contributed by atoms with van der Waals surface area (Å²) in [5.41, 5.74) is 0.502. The largest absolute Gasteiger partial charge is 0.497 e. The topological polar surface area (TPSA) is 84.9 Å². The first-order valence-electron chi connectivity index (χ1n) is 9.34. The van der Waals surface area contributed by atoms with Gasteiger partial charge in [0.1, 0.15) is 11.5 Å². The van der Waals surface area contributed by atoms with Crippen LogP contribution in [0.3, 0.4) is 0 Å². The molecule has 1 aliphatic carbocycles. The standard InChI is InChI=1S/C19H30N2O5S/c1-25-16-10-11-18(26-2)17(14-16)20-19(22)12-13-21(27(3,23)24)15-8-6-4-5-7-9-15/h10-11,14-15H,4-9,12-13H2,1-3H3,(H,20,22). The summed E-state index contributed by atoms with van der Waals surface area (Å²) in [6.45, 7) is 0.182. The average molecular weight is 399 g/mol. The highest BCUT2D eigenvalue weighted by Crippen LogP contribution is 2.29. The fourth-order valence-corrected chi connectivity index (χ4v) is 4.68. The molecule has 1 aromatic rings. The molecule has 0 heterocycles. The molecule has 0 spiro atoms. The van der Waals surface area contributed by atoms with E-state index >= 15 is 0 Å². The molecule has 0 bridgehead atoms. The second kappa shape index (κ2) is 9.94. The molecule has 1 aromatic carbocycles. The van der Waals surface area contributed by atoms with Gasteiger partial charge in [-0.25, -0.2) is 8.42 Å². The van der Waals surface area contributed by atoms with Crippen molar-refractivity contribution in [2.24, 2.45) is 0 Å². The van der Waals surface area contributed by atoms with Crippen LogP contribution in [0, 0.1) is 0 Å². The van der Waals surface area contributed by atoms with Gasteiger partial charge in [0.05, 0.1) is 26.2 Å². The molecule has 0 atom stereocenters. The Kier molecular flexibility index (Phi) is 7.91. The van der Waals surface area contributed by atoms with Gasteiger partial charge in [-0.15, -0.1) is 0 Å². The third-order valence-electron chi connectivity index (χ3n) is 4.90. The van der Waals surface area contributed by atoms with Crippen molar-refractivity contribution < 1.29 is 22.7 Å². The summed E-state index contributed by atoms with van der Waals surface area (Å²) < 4.78 is 36.4. The van der Waals surface area contributed by atoms with Gasteiger partial charge in [-0.05, 0) is 25.0 Å². The Morgan fingerprint density at radius 3 is 2.37 bits per heavy atom. The van der Waals surface area contributed by atoms with Crippen molar-refractivity contribution in [2.75, 3.05) is 32.3 Å². The van der Waals surface area contributed by atoms with Gasteiger partial charge in [-0.2, -0.15) is 4.31 Å². The minimum atomic E-state index is -3.36. The first-order chi connectivity index (χ1) is 12.8. The van der Waals surface area contributed by atoms with Gasteiger partial charge in [0.2, 0.25) is 15.9 Å². The van der Waals surface area contributed by atoms with Crippen molar-refractivity contribution in [3.63, 3.8) is 0 Å². The van der Waals surface area contributed by atoms with Gasteiger partial charge in [0.25, 0.3) is 0 Å². The van der Waals surface area contributed by atoms with Crippen molar-refractivity contribution in [3.8, 4) is 11.5 Å². The van der Waals surface area contributed by atoms with Gasteiger partial charge in [0.15, 0.2) is 0 Å². The van der Waals surface area contributed by atoms with E-state index in [2.05, 4.69) is 5.32 Å². The molecule has 1 amide bonds. The zero-order chi connectivity index (χ0) is 19.9. The molecule has 0 aromatic heterocycles. The van der Waals surface area contributed by atoms with Crippen LogP contribution in [0.15, 0.2) is 18.2 Å². The zero-order valence-electron chi connectivity index (χ0n) is 16.4. The Bertz CT molecular complexity index is 728. The first kappa shape index (κ1) is 21.5. The van der Waals surface area contributed by atoms with E-state index in [1.807, 2.05) is 0 Å². The van der Waals surface area contributed by atoms with Crippen LogP contribution in [0.5, 0.6) is 11.5 Å². The number of hydrogen-bond acceptors (Lipinski definition) is 5. The zero-order valence-corrected chi connectivity index (χ0v) is 17.2. The lowest BCUT2D eigenvalue weighted by atomic mass is 10.1. The normalized spacial score (nSPS) is 16.0. The van der Waals surface area contributed by atoms with Gasteiger partial charge < -0.3 is 14.8 Å². The maximum atomic E-state index is 12.4. The lowest BCUT2D eigenvalue weighted by Gasteiger charge is -2.28. The SMILES string of the molecule is COc1ccc(OC)c(NC(=O)CCN(C2CCCCCC2)S(C)(=O)=O)c1. The van der Waals surface area contributed by atoms with E-state index in [1.165, 1.54) is 17.7 Å². The molecule has 1 N–H and O–H groups in total. The minimum Gasteiger partial charge on any atom is -0.497 e. The first-order valence-corrected chi connectivity index (χ1v) is 11.2. The predicted molar refractivity (Wildman–Crippen MR) is 106 cm³/mol. The summed E-state index contributed by atoms with van der Waals surface area (Å²) in [7, 11) is -0.296.